The maximum atomic E-state index is 10.4. The van der Waals surface area contributed by atoms with Gasteiger partial charge in [-0.25, -0.2) is 0 Å². The van der Waals surface area contributed by atoms with Gasteiger partial charge in [-0.05, 0) is 30.6 Å². The summed E-state index contributed by atoms with van der Waals surface area (Å²) in [5, 5.41) is 8.61. The first-order valence-electron chi connectivity index (χ1n) is 4.52. The van der Waals surface area contributed by atoms with Crippen molar-refractivity contribution in [3.05, 3.63) is 0 Å². The van der Waals surface area contributed by atoms with Crippen molar-refractivity contribution < 1.29 is 14.6 Å². The third kappa shape index (κ3) is 1.33. The molecule has 0 aromatic rings. The van der Waals surface area contributed by atoms with Gasteiger partial charge in [0.1, 0.15) is 0 Å². The van der Waals surface area contributed by atoms with E-state index in [1.165, 1.54) is 0 Å². The quantitative estimate of drug-likeness (QED) is 0.679. The van der Waals surface area contributed by atoms with Gasteiger partial charge in [0.2, 0.25) is 0 Å². The molecule has 1 saturated heterocycles. The van der Waals surface area contributed by atoms with Crippen molar-refractivity contribution >= 4 is 5.97 Å². The molecule has 3 nitrogen and oxygen atoms in total. The fraction of sp³-hybridized carbons (Fsp3) is 0.889. The Hall–Kier alpha value is -0.570. The van der Waals surface area contributed by atoms with E-state index in [-0.39, 0.29) is 0 Å². The van der Waals surface area contributed by atoms with Gasteiger partial charge >= 0.3 is 5.97 Å². The molecule has 0 aromatic heterocycles. The SMILES string of the molecule is O=C(O)CC1CC12CCOCC2. The summed E-state index contributed by atoms with van der Waals surface area (Å²) < 4.78 is 5.25. The number of rotatable bonds is 2. The number of aliphatic carboxylic acids is 1. The van der Waals surface area contributed by atoms with Gasteiger partial charge in [-0.3, -0.25) is 4.79 Å². The zero-order valence-corrected chi connectivity index (χ0v) is 7.08. The molecule has 1 N–H and O–H groups in total. The summed E-state index contributed by atoms with van der Waals surface area (Å²) in [5.41, 5.74) is 0.372. The van der Waals surface area contributed by atoms with Gasteiger partial charge in [0.15, 0.2) is 0 Å². The second kappa shape index (κ2) is 2.73. The van der Waals surface area contributed by atoms with Gasteiger partial charge in [0.05, 0.1) is 0 Å². The fourth-order valence-corrected chi connectivity index (χ4v) is 2.32. The number of carboxylic acids is 1. The minimum atomic E-state index is -0.650. The third-order valence-electron chi connectivity index (χ3n) is 3.27. The minimum Gasteiger partial charge on any atom is -0.481 e. The minimum absolute atomic E-state index is 0.361. The zero-order valence-electron chi connectivity index (χ0n) is 7.08. The van der Waals surface area contributed by atoms with Crippen LogP contribution < -0.4 is 0 Å². The Morgan fingerprint density at radius 1 is 1.50 bits per heavy atom. The Kier molecular flexibility index (Phi) is 1.83. The molecule has 1 aliphatic carbocycles. The monoisotopic (exact) mass is 170 g/mol. The van der Waals surface area contributed by atoms with E-state index in [4.69, 9.17) is 9.84 Å². The van der Waals surface area contributed by atoms with E-state index in [0.29, 0.717) is 17.8 Å². The van der Waals surface area contributed by atoms with Gasteiger partial charge in [-0.1, -0.05) is 0 Å². The van der Waals surface area contributed by atoms with Crippen molar-refractivity contribution in [2.45, 2.75) is 25.7 Å². The fourth-order valence-electron chi connectivity index (χ4n) is 2.32. The van der Waals surface area contributed by atoms with Crippen LogP contribution in [-0.4, -0.2) is 24.3 Å². The molecule has 12 heavy (non-hydrogen) atoms. The van der Waals surface area contributed by atoms with Crippen LogP contribution in [0.4, 0.5) is 0 Å². The average Bonchev–Trinajstić information content (AvgIpc) is 2.63. The van der Waals surface area contributed by atoms with Crippen LogP contribution in [0.3, 0.4) is 0 Å². The topological polar surface area (TPSA) is 46.5 Å². The number of carbonyl (C=O) groups is 1. The van der Waals surface area contributed by atoms with Crippen LogP contribution >= 0.6 is 0 Å². The van der Waals surface area contributed by atoms with Gasteiger partial charge in [-0.15, -0.1) is 0 Å². The van der Waals surface area contributed by atoms with Crippen molar-refractivity contribution in [3.63, 3.8) is 0 Å². The lowest BCUT2D eigenvalue weighted by molar-refractivity contribution is -0.137. The largest absolute Gasteiger partial charge is 0.481 e. The van der Waals surface area contributed by atoms with Crippen molar-refractivity contribution in [3.8, 4) is 0 Å². The highest BCUT2D eigenvalue weighted by Gasteiger charge is 2.54. The first-order valence-corrected chi connectivity index (χ1v) is 4.52. The maximum Gasteiger partial charge on any atom is 0.303 e. The predicted octanol–water partition coefficient (Wildman–Crippen LogP) is 1.28. The van der Waals surface area contributed by atoms with E-state index in [1.807, 2.05) is 0 Å². The summed E-state index contributed by atoms with van der Waals surface area (Å²) in [6.07, 6.45) is 3.62. The van der Waals surface area contributed by atoms with Gasteiger partial charge in [0, 0.05) is 19.6 Å². The number of hydrogen-bond donors (Lipinski definition) is 1. The van der Waals surface area contributed by atoms with Crippen molar-refractivity contribution in [2.24, 2.45) is 11.3 Å². The first-order chi connectivity index (χ1) is 5.73. The van der Waals surface area contributed by atoms with Crippen molar-refractivity contribution in [1.82, 2.24) is 0 Å². The first kappa shape index (κ1) is 8.05. The summed E-state index contributed by atoms with van der Waals surface area (Å²) in [6, 6.07) is 0. The molecule has 2 aliphatic rings. The Morgan fingerprint density at radius 2 is 2.17 bits per heavy atom. The molecule has 68 valence electrons. The maximum absolute atomic E-state index is 10.4. The lowest BCUT2D eigenvalue weighted by Crippen LogP contribution is -2.19. The van der Waals surface area contributed by atoms with Crippen LogP contribution in [0.5, 0.6) is 0 Å². The molecule has 1 atom stereocenters. The molecule has 2 rings (SSSR count). The highest BCUT2D eigenvalue weighted by molar-refractivity contribution is 5.67. The smallest absolute Gasteiger partial charge is 0.303 e. The standard InChI is InChI=1S/C9H14O3/c10-8(11)5-7-6-9(7)1-3-12-4-2-9/h7H,1-6H2,(H,10,11). The van der Waals surface area contributed by atoms with E-state index >= 15 is 0 Å². The Bertz CT molecular complexity index is 194. The Labute approximate surface area is 71.7 Å². The van der Waals surface area contributed by atoms with Crippen LogP contribution in [0.2, 0.25) is 0 Å². The predicted molar refractivity (Wildman–Crippen MR) is 42.8 cm³/mol. The normalized spacial score (nSPS) is 31.8. The van der Waals surface area contributed by atoms with Gasteiger partial charge in [0.25, 0.3) is 0 Å². The Balaban J connectivity index is 1.86. The molecular formula is C9H14O3. The molecule has 0 amide bonds. The third-order valence-corrected chi connectivity index (χ3v) is 3.27. The average molecular weight is 170 g/mol. The Morgan fingerprint density at radius 3 is 2.75 bits per heavy atom. The molecule has 1 spiro atoms. The molecule has 1 saturated carbocycles. The second-order valence-corrected chi connectivity index (χ2v) is 3.97. The van der Waals surface area contributed by atoms with Crippen LogP contribution in [-0.2, 0) is 9.53 Å². The van der Waals surface area contributed by atoms with Gasteiger partial charge in [-0.2, -0.15) is 0 Å². The van der Waals surface area contributed by atoms with E-state index in [0.717, 1.165) is 32.5 Å². The highest BCUT2D eigenvalue weighted by atomic mass is 16.5. The second-order valence-electron chi connectivity index (χ2n) is 3.97. The lowest BCUT2D eigenvalue weighted by atomic mass is 9.93. The summed E-state index contributed by atoms with van der Waals surface area (Å²) in [5.74, 6) is -0.206. The molecule has 1 unspecified atom stereocenters. The summed E-state index contributed by atoms with van der Waals surface area (Å²) in [4.78, 5) is 10.4. The van der Waals surface area contributed by atoms with Crippen molar-refractivity contribution in [2.75, 3.05) is 13.2 Å². The molecule has 0 bridgehead atoms. The van der Waals surface area contributed by atoms with E-state index in [1.54, 1.807) is 0 Å². The van der Waals surface area contributed by atoms with Crippen LogP contribution in [0.1, 0.15) is 25.7 Å². The van der Waals surface area contributed by atoms with Crippen LogP contribution in [0.15, 0.2) is 0 Å². The zero-order chi connectivity index (χ0) is 8.60. The molecule has 0 aromatic carbocycles. The van der Waals surface area contributed by atoms with E-state index < -0.39 is 5.97 Å². The molecule has 0 radical (unpaired) electrons. The molecule has 1 aliphatic heterocycles. The number of hydrogen-bond acceptors (Lipinski definition) is 2. The summed E-state index contributed by atoms with van der Waals surface area (Å²) in [6.45, 7) is 1.66. The van der Waals surface area contributed by atoms with Crippen LogP contribution in [0.25, 0.3) is 0 Å². The van der Waals surface area contributed by atoms with E-state index in [2.05, 4.69) is 0 Å². The molecular weight excluding hydrogens is 156 g/mol. The summed E-state index contributed by atoms with van der Waals surface area (Å²) in [7, 11) is 0. The number of carboxylic acid groups (broad SMARTS) is 1. The summed E-state index contributed by atoms with van der Waals surface area (Å²) >= 11 is 0. The van der Waals surface area contributed by atoms with Crippen molar-refractivity contribution in [1.29, 1.82) is 0 Å². The van der Waals surface area contributed by atoms with Gasteiger partial charge < -0.3 is 9.84 Å². The van der Waals surface area contributed by atoms with E-state index in [9.17, 15) is 4.79 Å². The molecule has 2 fully saturated rings. The highest BCUT2D eigenvalue weighted by Crippen LogP contribution is 2.60. The molecule has 3 heteroatoms. The number of ether oxygens (including phenoxy) is 1. The van der Waals surface area contributed by atoms with Crippen LogP contribution in [0, 0.1) is 11.3 Å². The lowest BCUT2D eigenvalue weighted by Gasteiger charge is -2.22. The molecule has 1 heterocycles.